The van der Waals surface area contributed by atoms with E-state index in [1.165, 1.54) is 16.7 Å². The molecule has 0 aliphatic carbocycles. The highest BCUT2D eigenvalue weighted by molar-refractivity contribution is 5.92. The number of nitrogen functional groups attached to an aromatic ring is 1. The molecule has 4 heterocycles. The Morgan fingerprint density at radius 1 is 0.755 bits per heavy atom. The summed E-state index contributed by atoms with van der Waals surface area (Å²) in [5, 5.41) is 0. The molecule has 0 aromatic heterocycles. The zero-order valence-corrected chi connectivity index (χ0v) is 30.9. The number of rotatable bonds is 4. The normalized spacial score (nSPS) is 18.1. The van der Waals surface area contributed by atoms with Crippen molar-refractivity contribution in [2.24, 2.45) is 0 Å². The lowest BCUT2D eigenvalue weighted by atomic mass is 9.86. The number of hydrogen-bond donors (Lipinski definition) is 1. The van der Waals surface area contributed by atoms with Gasteiger partial charge in [0.15, 0.2) is 23.0 Å². The van der Waals surface area contributed by atoms with Gasteiger partial charge < -0.3 is 29.4 Å². The first kappa shape index (κ1) is 34.6. The molecule has 2 N–H and O–H groups in total. The lowest BCUT2D eigenvalue weighted by Crippen LogP contribution is -2.34. The minimum absolute atomic E-state index is 0.126. The standard InChI is InChI=1S/C44H45N3O6/c1-26-19-29-15-17-46(2)35-20-27-11-13-32(14-12-27)51-39-23-31(34(45)25-38(39)49-4)21-36-41-30(16-18-47(36)3)22-40(50-5)42(43(41)52-37(26)24-33(29)35)53-44(48)28-9-7-6-8-10-28/h6-14,19,22-25,35-36H,15-18,20-21,45H2,1-5H3/t35-,36-/m0/s1. The molecule has 53 heavy (non-hydrogen) atoms. The number of likely N-dealkylation sites (N-methyl/N-ethyl adjacent to an activating group) is 2. The highest BCUT2D eigenvalue weighted by atomic mass is 16.6. The van der Waals surface area contributed by atoms with Gasteiger partial charge in [0, 0.05) is 42.5 Å². The van der Waals surface area contributed by atoms with Crippen molar-refractivity contribution in [1.29, 1.82) is 0 Å². The fourth-order valence-corrected chi connectivity index (χ4v) is 8.01. The molecule has 0 saturated heterocycles. The summed E-state index contributed by atoms with van der Waals surface area (Å²) in [6.45, 7) is 3.83. The molecule has 5 aromatic rings. The number of nitrogens with two attached hydrogens (primary N) is 1. The van der Waals surface area contributed by atoms with Gasteiger partial charge in [-0.3, -0.25) is 9.80 Å². The molecule has 0 fully saturated rings. The smallest absolute Gasteiger partial charge is 0.343 e. The summed E-state index contributed by atoms with van der Waals surface area (Å²) < 4.78 is 31.7. The molecular formula is C44H45N3O6. The second-order valence-corrected chi connectivity index (χ2v) is 14.3. The highest BCUT2D eigenvalue weighted by Gasteiger charge is 2.35. The van der Waals surface area contributed by atoms with E-state index in [0.717, 1.165) is 54.6 Å². The Morgan fingerprint density at radius 3 is 2.21 bits per heavy atom. The van der Waals surface area contributed by atoms with Crippen LogP contribution in [0.15, 0.2) is 84.9 Å². The van der Waals surface area contributed by atoms with E-state index in [1.807, 2.05) is 48.5 Å². The fourth-order valence-electron chi connectivity index (χ4n) is 8.01. The van der Waals surface area contributed by atoms with Crippen molar-refractivity contribution in [3.8, 4) is 40.2 Å². The molecule has 5 aromatic carbocycles. The summed E-state index contributed by atoms with van der Waals surface area (Å²) in [5.41, 5.74) is 15.4. The molecule has 4 aliphatic heterocycles. The zero-order chi connectivity index (χ0) is 36.8. The first-order valence-corrected chi connectivity index (χ1v) is 18.2. The second-order valence-electron chi connectivity index (χ2n) is 14.3. The molecule has 6 bridgehead atoms. The van der Waals surface area contributed by atoms with Crippen molar-refractivity contribution in [1.82, 2.24) is 9.80 Å². The number of benzene rings is 5. The average molecular weight is 712 g/mol. The number of ether oxygens (including phenoxy) is 5. The fraction of sp³-hybridized carbons (Fsp3) is 0.295. The molecule has 9 nitrogen and oxygen atoms in total. The number of carbonyl (C=O) groups is 1. The van der Waals surface area contributed by atoms with Gasteiger partial charge in [-0.15, -0.1) is 0 Å². The van der Waals surface area contributed by atoms with Crippen molar-refractivity contribution in [3.63, 3.8) is 0 Å². The molecule has 4 aliphatic rings. The first-order chi connectivity index (χ1) is 25.7. The second kappa shape index (κ2) is 14.1. The van der Waals surface area contributed by atoms with Crippen LogP contribution in [-0.2, 0) is 25.7 Å². The van der Waals surface area contributed by atoms with E-state index in [4.69, 9.17) is 29.4 Å². The van der Waals surface area contributed by atoms with Crippen LogP contribution in [-0.4, -0.2) is 57.2 Å². The molecule has 0 saturated carbocycles. The number of nitrogens with zero attached hydrogens (tertiary/aromatic N) is 2. The number of hydrogen-bond acceptors (Lipinski definition) is 9. The van der Waals surface area contributed by atoms with Crippen LogP contribution in [0.2, 0.25) is 0 Å². The van der Waals surface area contributed by atoms with E-state index in [2.05, 4.69) is 55.1 Å². The Balaban J connectivity index is 1.37. The predicted molar refractivity (Wildman–Crippen MR) is 205 cm³/mol. The monoisotopic (exact) mass is 711 g/mol. The van der Waals surface area contributed by atoms with Gasteiger partial charge in [-0.05, 0) is 123 Å². The molecular weight excluding hydrogens is 666 g/mol. The molecule has 272 valence electrons. The summed E-state index contributed by atoms with van der Waals surface area (Å²) in [5.74, 6) is 3.19. The lowest BCUT2D eigenvalue weighted by Gasteiger charge is -2.37. The maximum Gasteiger partial charge on any atom is 0.343 e. The van der Waals surface area contributed by atoms with Crippen molar-refractivity contribution in [2.75, 3.05) is 47.1 Å². The maximum absolute atomic E-state index is 13.8. The molecule has 2 atom stereocenters. The molecule has 0 amide bonds. The van der Waals surface area contributed by atoms with E-state index < -0.39 is 5.97 Å². The Hall–Kier alpha value is -5.51. The van der Waals surface area contributed by atoms with E-state index in [-0.39, 0.29) is 17.8 Å². The minimum atomic E-state index is -0.500. The number of anilines is 1. The molecule has 9 heteroatoms. The van der Waals surface area contributed by atoms with Crippen LogP contribution in [0.5, 0.6) is 40.2 Å². The van der Waals surface area contributed by atoms with Gasteiger partial charge in [0.05, 0.1) is 19.8 Å². The number of methoxy groups -OCH3 is 2. The highest BCUT2D eigenvalue weighted by Crippen LogP contribution is 2.52. The van der Waals surface area contributed by atoms with E-state index in [9.17, 15) is 4.79 Å². The van der Waals surface area contributed by atoms with Gasteiger partial charge in [-0.1, -0.05) is 36.4 Å². The maximum atomic E-state index is 13.8. The Labute approximate surface area is 310 Å². The topological polar surface area (TPSA) is 95.7 Å². The van der Waals surface area contributed by atoms with Gasteiger partial charge in [0.1, 0.15) is 11.5 Å². The third-order valence-corrected chi connectivity index (χ3v) is 11.0. The number of fused-ring (bicyclic) bond motifs is 2. The van der Waals surface area contributed by atoms with Crippen LogP contribution in [0, 0.1) is 6.92 Å². The zero-order valence-electron chi connectivity index (χ0n) is 30.9. The summed E-state index contributed by atoms with van der Waals surface area (Å²) in [6, 6.07) is 27.4. The minimum Gasteiger partial charge on any atom is -0.493 e. The molecule has 9 rings (SSSR count). The SMILES string of the molecule is COc1cc(N)c2cc1Oc1ccc(cc1)C[C@H]1c3cc(c(C)cc3CCN1C)Oc1c(OC(=O)c3ccccc3)c(OC)cc3c1[C@H](C2)N(C)CC3. The van der Waals surface area contributed by atoms with Gasteiger partial charge in [0.25, 0.3) is 0 Å². The molecule has 0 unspecified atom stereocenters. The van der Waals surface area contributed by atoms with Gasteiger partial charge in [-0.2, -0.15) is 0 Å². The number of carbonyl (C=O) groups excluding carboxylic acids is 1. The molecule has 0 radical (unpaired) electrons. The van der Waals surface area contributed by atoms with E-state index in [0.29, 0.717) is 52.2 Å². The third-order valence-electron chi connectivity index (χ3n) is 11.0. The van der Waals surface area contributed by atoms with Gasteiger partial charge in [0.2, 0.25) is 5.75 Å². The van der Waals surface area contributed by atoms with Crippen LogP contribution < -0.4 is 29.4 Å². The Kier molecular flexibility index (Phi) is 9.22. The van der Waals surface area contributed by atoms with Crippen LogP contribution in [0.25, 0.3) is 0 Å². The van der Waals surface area contributed by atoms with Crippen molar-refractivity contribution < 1.29 is 28.5 Å². The summed E-state index contributed by atoms with van der Waals surface area (Å²) in [7, 11) is 7.50. The van der Waals surface area contributed by atoms with Crippen LogP contribution >= 0.6 is 0 Å². The van der Waals surface area contributed by atoms with Gasteiger partial charge >= 0.3 is 5.97 Å². The molecule has 0 spiro atoms. The van der Waals surface area contributed by atoms with E-state index in [1.54, 1.807) is 26.4 Å². The van der Waals surface area contributed by atoms with Crippen molar-refractivity contribution >= 4 is 11.7 Å². The Bertz CT molecular complexity index is 2190. The van der Waals surface area contributed by atoms with Crippen LogP contribution in [0.1, 0.15) is 61.4 Å². The number of aryl methyl sites for hydroxylation is 1. The van der Waals surface area contributed by atoms with Crippen molar-refractivity contribution in [3.05, 3.63) is 129 Å². The predicted octanol–water partition coefficient (Wildman–Crippen LogP) is 8.26. The van der Waals surface area contributed by atoms with Crippen LogP contribution in [0.3, 0.4) is 0 Å². The number of esters is 1. The van der Waals surface area contributed by atoms with Crippen molar-refractivity contribution in [2.45, 2.75) is 44.7 Å². The van der Waals surface area contributed by atoms with Crippen LogP contribution in [0.4, 0.5) is 5.69 Å². The quantitative estimate of drug-likeness (QED) is 0.112. The third kappa shape index (κ3) is 6.55. The Morgan fingerprint density at radius 2 is 1.47 bits per heavy atom. The summed E-state index contributed by atoms with van der Waals surface area (Å²) >= 11 is 0. The summed E-state index contributed by atoms with van der Waals surface area (Å²) in [6.07, 6.45) is 3.03. The lowest BCUT2D eigenvalue weighted by molar-refractivity contribution is 0.0724. The largest absolute Gasteiger partial charge is 0.493 e. The van der Waals surface area contributed by atoms with Gasteiger partial charge in [-0.25, -0.2) is 4.79 Å². The first-order valence-electron chi connectivity index (χ1n) is 18.2. The van der Waals surface area contributed by atoms with E-state index >= 15 is 0 Å². The average Bonchev–Trinajstić information content (AvgIpc) is 3.16. The summed E-state index contributed by atoms with van der Waals surface area (Å²) in [4.78, 5) is 18.5.